The zero-order chi connectivity index (χ0) is 12.0. The van der Waals surface area contributed by atoms with Crippen LogP contribution in [0.4, 0.5) is 11.5 Å². The second kappa shape index (κ2) is 5.84. The Labute approximate surface area is 93.0 Å². The molecule has 7 nitrogen and oxygen atoms in total. The molecule has 0 bridgehead atoms. The van der Waals surface area contributed by atoms with Crippen molar-refractivity contribution in [3.63, 3.8) is 0 Å². The number of rotatable bonds is 6. The van der Waals surface area contributed by atoms with Gasteiger partial charge in [-0.3, -0.25) is 10.1 Å². The van der Waals surface area contributed by atoms with Gasteiger partial charge in [-0.2, -0.15) is 4.98 Å². The van der Waals surface area contributed by atoms with Crippen LogP contribution in [0.5, 0.6) is 5.88 Å². The summed E-state index contributed by atoms with van der Waals surface area (Å²) in [6, 6.07) is 0. The third-order valence-electron chi connectivity index (χ3n) is 1.76. The first-order chi connectivity index (χ1) is 7.70. The molecular weight excluding hydrogens is 212 g/mol. The molecule has 1 aromatic heterocycles. The third kappa shape index (κ3) is 2.78. The molecule has 0 aliphatic rings. The molecule has 0 spiro atoms. The Hall–Kier alpha value is -1.92. The standard InChI is InChI=1S/C9H14N4O3/c1-3-5-16-9-7(13(14)15)8(10-4-2)11-6-12-9/h6H,3-5H2,1-2H3,(H,10,11,12). The van der Waals surface area contributed by atoms with Crippen molar-refractivity contribution in [1.29, 1.82) is 0 Å². The van der Waals surface area contributed by atoms with E-state index >= 15 is 0 Å². The van der Waals surface area contributed by atoms with E-state index in [0.29, 0.717) is 13.2 Å². The van der Waals surface area contributed by atoms with Gasteiger partial charge in [0.05, 0.1) is 11.5 Å². The molecule has 0 aliphatic carbocycles. The maximum atomic E-state index is 10.9. The molecule has 0 aromatic carbocycles. The molecule has 1 aromatic rings. The molecule has 1 N–H and O–H groups in total. The summed E-state index contributed by atoms with van der Waals surface area (Å²) in [4.78, 5) is 17.9. The fourth-order valence-corrected chi connectivity index (χ4v) is 1.13. The van der Waals surface area contributed by atoms with Crippen molar-refractivity contribution in [2.75, 3.05) is 18.5 Å². The predicted molar refractivity (Wildman–Crippen MR) is 58.6 cm³/mol. The molecular formula is C9H14N4O3. The summed E-state index contributed by atoms with van der Waals surface area (Å²) in [5.74, 6) is 0.200. The molecule has 7 heteroatoms. The van der Waals surface area contributed by atoms with E-state index in [-0.39, 0.29) is 17.4 Å². The van der Waals surface area contributed by atoms with E-state index in [0.717, 1.165) is 6.42 Å². The molecule has 0 unspecified atom stereocenters. The molecule has 88 valence electrons. The number of aromatic nitrogens is 2. The van der Waals surface area contributed by atoms with Gasteiger partial charge in [-0.05, 0) is 13.3 Å². The molecule has 1 rings (SSSR count). The fraction of sp³-hybridized carbons (Fsp3) is 0.556. The summed E-state index contributed by atoms with van der Waals surface area (Å²) in [7, 11) is 0. The summed E-state index contributed by atoms with van der Waals surface area (Å²) >= 11 is 0. The van der Waals surface area contributed by atoms with Crippen molar-refractivity contribution in [2.24, 2.45) is 0 Å². The van der Waals surface area contributed by atoms with Crippen LogP contribution in [0.1, 0.15) is 20.3 Å². The van der Waals surface area contributed by atoms with Crippen molar-refractivity contribution < 1.29 is 9.66 Å². The highest BCUT2D eigenvalue weighted by atomic mass is 16.6. The fourth-order valence-electron chi connectivity index (χ4n) is 1.13. The minimum atomic E-state index is -0.539. The summed E-state index contributed by atoms with van der Waals surface area (Å²) in [5, 5.41) is 13.7. The van der Waals surface area contributed by atoms with Crippen LogP contribution in [0, 0.1) is 10.1 Å². The SMILES string of the molecule is CCCOc1ncnc(NCC)c1[N+](=O)[O-]. The number of hydrogen-bond acceptors (Lipinski definition) is 6. The van der Waals surface area contributed by atoms with Crippen molar-refractivity contribution >= 4 is 11.5 Å². The Morgan fingerprint density at radius 2 is 2.25 bits per heavy atom. The predicted octanol–water partition coefficient (Wildman–Crippen LogP) is 1.61. The van der Waals surface area contributed by atoms with Crippen LogP contribution in [0.2, 0.25) is 0 Å². The minimum absolute atomic E-state index is 0.0119. The zero-order valence-electron chi connectivity index (χ0n) is 9.27. The van der Waals surface area contributed by atoms with Crippen LogP contribution in [0.15, 0.2) is 6.33 Å². The average molecular weight is 226 g/mol. The quantitative estimate of drug-likeness (QED) is 0.585. The van der Waals surface area contributed by atoms with E-state index in [1.54, 1.807) is 0 Å². The van der Waals surface area contributed by atoms with Crippen molar-refractivity contribution in [3.05, 3.63) is 16.4 Å². The smallest absolute Gasteiger partial charge is 0.372 e. The first kappa shape index (κ1) is 12.2. The highest BCUT2D eigenvalue weighted by molar-refractivity contribution is 5.60. The van der Waals surface area contributed by atoms with Crippen molar-refractivity contribution in [2.45, 2.75) is 20.3 Å². The second-order valence-corrected chi connectivity index (χ2v) is 3.01. The number of ether oxygens (including phenoxy) is 1. The largest absolute Gasteiger partial charge is 0.473 e. The van der Waals surface area contributed by atoms with Crippen LogP contribution in [-0.4, -0.2) is 28.0 Å². The molecule has 0 saturated heterocycles. The monoisotopic (exact) mass is 226 g/mol. The molecule has 0 aliphatic heterocycles. The van der Waals surface area contributed by atoms with E-state index in [1.807, 2.05) is 13.8 Å². The number of hydrogen-bond donors (Lipinski definition) is 1. The maximum Gasteiger partial charge on any atom is 0.372 e. The Morgan fingerprint density at radius 3 is 2.81 bits per heavy atom. The van der Waals surface area contributed by atoms with Gasteiger partial charge in [-0.25, -0.2) is 4.98 Å². The molecule has 0 fully saturated rings. The Morgan fingerprint density at radius 1 is 1.50 bits per heavy atom. The van der Waals surface area contributed by atoms with Gasteiger partial charge in [0.25, 0.3) is 5.88 Å². The summed E-state index contributed by atoms with van der Waals surface area (Å²) in [6.07, 6.45) is 2.01. The van der Waals surface area contributed by atoms with Crippen LogP contribution >= 0.6 is 0 Å². The third-order valence-corrected chi connectivity index (χ3v) is 1.76. The van der Waals surface area contributed by atoms with Gasteiger partial charge in [0, 0.05) is 6.54 Å². The Bertz CT molecular complexity index is 370. The van der Waals surface area contributed by atoms with Gasteiger partial charge in [0.1, 0.15) is 6.33 Å². The first-order valence-corrected chi connectivity index (χ1v) is 5.06. The Balaban J connectivity index is 3.05. The number of nitrogens with one attached hydrogen (secondary N) is 1. The highest BCUT2D eigenvalue weighted by Crippen LogP contribution is 2.30. The lowest BCUT2D eigenvalue weighted by atomic mass is 10.4. The Kier molecular flexibility index (Phi) is 4.43. The maximum absolute atomic E-state index is 10.9. The van der Waals surface area contributed by atoms with Gasteiger partial charge in [0.15, 0.2) is 0 Å². The normalized spacial score (nSPS) is 9.88. The van der Waals surface area contributed by atoms with E-state index in [9.17, 15) is 10.1 Å². The number of nitrogens with zero attached hydrogens (tertiary/aromatic N) is 3. The molecule has 0 saturated carbocycles. The first-order valence-electron chi connectivity index (χ1n) is 5.06. The summed E-state index contributed by atoms with van der Waals surface area (Å²) in [5.41, 5.74) is -0.210. The van der Waals surface area contributed by atoms with E-state index < -0.39 is 4.92 Å². The second-order valence-electron chi connectivity index (χ2n) is 3.01. The summed E-state index contributed by atoms with van der Waals surface area (Å²) in [6.45, 7) is 4.69. The van der Waals surface area contributed by atoms with Crippen LogP contribution in [-0.2, 0) is 0 Å². The lowest BCUT2D eigenvalue weighted by Crippen LogP contribution is -2.08. The zero-order valence-corrected chi connectivity index (χ0v) is 9.27. The van der Waals surface area contributed by atoms with Gasteiger partial charge >= 0.3 is 5.69 Å². The summed E-state index contributed by atoms with van der Waals surface area (Å²) < 4.78 is 5.20. The van der Waals surface area contributed by atoms with Crippen LogP contribution < -0.4 is 10.1 Å². The molecule has 0 amide bonds. The number of anilines is 1. The molecule has 16 heavy (non-hydrogen) atoms. The molecule has 1 heterocycles. The van der Waals surface area contributed by atoms with Gasteiger partial charge in [-0.15, -0.1) is 0 Å². The van der Waals surface area contributed by atoms with Gasteiger partial charge in [0.2, 0.25) is 5.82 Å². The van der Waals surface area contributed by atoms with E-state index in [1.165, 1.54) is 6.33 Å². The van der Waals surface area contributed by atoms with Crippen molar-refractivity contribution in [3.8, 4) is 5.88 Å². The van der Waals surface area contributed by atoms with Crippen LogP contribution in [0.25, 0.3) is 0 Å². The molecule has 0 atom stereocenters. The topological polar surface area (TPSA) is 90.2 Å². The average Bonchev–Trinajstić information content (AvgIpc) is 2.26. The lowest BCUT2D eigenvalue weighted by molar-refractivity contribution is -0.385. The van der Waals surface area contributed by atoms with Crippen LogP contribution in [0.3, 0.4) is 0 Å². The minimum Gasteiger partial charge on any atom is -0.473 e. The van der Waals surface area contributed by atoms with Gasteiger partial charge < -0.3 is 10.1 Å². The molecule has 0 radical (unpaired) electrons. The van der Waals surface area contributed by atoms with Gasteiger partial charge in [-0.1, -0.05) is 6.92 Å². The number of nitro groups is 1. The van der Waals surface area contributed by atoms with E-state index in [4.69, 9.17) is 4.74 Å². The lowest BCUT2D eigenvalue weighted by Gasteiger charge is -2.07. The van der Waals surface area contributed by atoms with Crippen molar-refractivity contribution in [1.82, 2.24) is 9.97 Å². The van der Waals surface area contributed by atoms with E-state index in [2.05, 4.69) is 15.3 Å². The highest BCUT2D eigenvalue weighted by Gasteiger charge is 2.23.